The molecule has 6 nitrogen and oxygen atoms in total. The third-order valence-electron chi connectivity index (χ3n) is 6.59. The van der Waals surface area contributed by atoms with Gasteiger partial charge in [-0.05, 0) is 103 Å². The Morgan fingerprint density at radius 3 is 2.41 bits per heavy atom. The molecule has 0 aliphatic heterocycles. The van der Waals surface area contributed by atoms with E-state index < -0.39 is 24.0 Å². The first kappa shape index (κ1) is 32.2. The summed E-state index contributed by atoms with van der Waals surface area (Å²) in [6.07, 6.45) is 1.65. The summed E-state index contributed by atoms with van der Waals surface area (Å²) in [5, 5.41) is 12.4. The van der Waals surface area contributed by atoms with Gasteiger partial charge in [-0.15, -0.1) is 0 Å². The van der Waals surface area contributed by atoms with Crippen LogP contribution in [0.4, 0.5) is 4.39 Å². The van der Waals surface area contributed by atoms with Gasteiger partial charge in [-0.1, -0.05) is 30.3 Å². The molecule has 1 aromatic heterocycles. The van der Waals surface area contributed by atoms with Gasteiger partial charge in [0, 0.05) is 17.7 Å². The number of nitrogens with one attached hydrogen (secondary N) is 1. The zero-order valence-electron chi connectivity index (χ0n) is 23.6. The molecule has 2 atom stereocenters. The summed E-state index contributed by atoms with van der Waals surface area (Å²) < 4.78 is 25.7. The Kier molecular flexibility index (Phi) is 11.9. The molecular weight excluding hydrogens is 536 g/mol. The van der Waals surface area contributed by atoms with E-state index >= 15 is 0 Å². The van der Waals surface area contributed by atoms with Gasteiger partial charge >= 0.3 is 24.8 Å². The fraction of sp³-hybridized carbons (Fsp3) is 0.250. The van der Waals surface area contributed by atoms with E-state index in [9.17, 15) is 19.1 Å². The number of carbonyl (C=O) groups is 2. The maximum atomic E-state index is 13.4. The number of hydrogen-bond donors (Lipinski definition) is 2. The topological polar surface area (TPSA) is 88.8 Å². The third kappa shape index (κ3) is 7.93. The fourth-order valence-corrected chi connectivity index (χ4v) is 4.99. The Labute approximate surface area is 255 Å². The standard InChI is InChI=1S/C32H32FNO5S.Li/c1-4-38-30(29-16-15-28(39-29)21-9-12-23(33)13-10-21)22-11-14-25(26(19-22)24-8-6-5-7-20(24)2)31(35)34-27(32(36)37)17-18-40-3;/h5-16,19,27,30H,4,17-18H2,1-3H3,(H,34,35)(H,36,37);/q;+1. The van der Waals surface area contributed by atoms with Gasteiger partial charge in [0.1, 0.15) is 29.5 Å². The van der Waals surface area contributed by atoms with Gasteiger partial charge in [0.25, 0.3) is 5.91 Å². The molecule has 3 aromatic carbocycles. The number of aryl methyl sites for hydroxylation is 1. The number of thioether (sulfide) groups is 1. The molecule has 9 heteroatoms. The molecule has 1 amide bonds. The average molecular weight is 569 g/mol. The van der Waals surface area contributed by atoms with Gasteiger partial charge in [0.05, 0.1) is 0 Å². The van der Waals surface area contributed by atoms with Gasteiger partial charge in [0.2, 0.25) is 0 Å². The van der Waals surface area contributed by atoms with E-state index in [2.05, 4.69) is 5.32 Å². The van der Waals surface area contributed by atoms with E-state index in [-0.39, 0.29) is 24.7 Å². The van der Waals surface area contributed by atoms with E-state index in [0.29, 0.717) is 41.4 Å². The number of amides is 1. The molecule has 0 radical (unpaired) electrons. The molecule has 0 aliphatic rings. The second-order valence-electron chi connectivity index (χ2n) is 9.31. The molecule has 0 aliphatic carbocycles. The van der Waals surface area contributed by atoms with Crippen molar-refractivity contribution in [3.8, 4) is 22.5 Å². The summed E-state index contributed by atoms with van der Waals surface area (Å²) in [6, 6.07) is 21.8. The number of ether oxygens (including phenoxy) is 1. The molecule has 0 saturated heterocycles. The molecule has 41 heavy (non-hydrogen) atoms. The Morgan fingerprint density at radius 2 is 1.76 bits per heavy atom. The average Bonchev–Trinajstić information content (AvgIpc) is 3.44. The van der Waals surface area contributed by atoms with Gasteiger partial charge < -0.3 is 19.6 Å². The molecule has 2 N–H and O–H groups in total. The Balaban J connectivity index is 0.00000462. The molecule has 208 valence electrons. The van der Waals surface area contributed by atoms with Crippen LogP contribution in [-0.2, 0) is 9.53 Å². The van der Waals surface area contributed by atoms with Crippen LogP contribution in [0.1, 0.15) is 46.7 Å². The van der Waals surface area contributed by atoms with Crippen molar-refractivity contribution in [3.63, 3.8) is 0 Å². The van der Waals surface area contributed by atoms with Crippen LogP contribution < -0.4 is 24.2 Å². The predicted molar refractivity (Wildman–Crippen MR) is 156 cm³/mol. The van der Waals surface area contributed by atoms with Crippen LogP contribution in [-0.4, -0.2) is 41.6 Å². The van der Waals surface area contributed by atoms with Crippen LogP contribution in [0.5, 0.6) is 0 Å². The summed E-state index contributed by atoms with van der Waals surface area (Å²) in [5.74, 6) is -0.0863. The number of benzene rings is 3. The van der Waals surface area contributed by atoms with Gasteiger partial charge in [-0.25, -0.2) is 9.18 Å². The third-order valence-corrected chi connectivity index (χ3v) is 7.23. The minimum absolute atomic E-state index is 0. The largest absolute Gasteiger partial charge is 1.00 e. The van der Waals surface area contributed by atoms with Crippen molar-refractivity contribution in [1.82, 2.24) is 5.32 Å². The van der Waals surface area contributed by atoms with Crippen molar-refractivity contribution in [3.05, 3.63) is 107 Å². The summed E-state index contributed by atoms with van der Waals surface area (Å²) in [7, 11) is 0. The predicted octanol–water partition coefficient (Wildman–Crippen LogP) is 4.13. The van der Waals surface area contributed by atoms with Crippen molar-refractivity contribution in [2.24, 2.45) is 0 Å². The molecule has 0 bridgehead atoms. The van der Waals surface area contributed by atoms with Crippen molar-refractivity contribution >= 4 is 23.6 Å². The second-order valence-corrected chi connectivity index (χ2v) is 10.3. The van der Waals surface area contributed by atoms with Crippen LogP contribution in [0.3, 0.4) is 0 Å². The minimum atomic E-state index is -1.07. The van der Waals surface area contributed by atoms with E-state index in [1.54, 1.807) is 24.3 Å². The Hall–Kier alpha value is -3.28. The first-order valence-electron chi connectivity index (χ1n) is 13.0. The smallest absolute Gasteiger partial charge is 0.480 e. The van der Waals surface area contributed by atoms with E-state index in [1.807, 2.05) is 62.6 Å². The first-order valence-corrected chi connectivity index (χ1v) is 14.4. The number of halogens is 1. The molecular formula is C32H32FLiNO5S+. The molecule has 0 fully saturated rings. The quantitative estimate of drug-likeness (QED) is 0.250. The minimum Gasteiger partial charge on any atom is -0.480 e. The van der Waals surface area contributed by atoms with Crippen LogP contribution in [0, 0.1) is 12.7 Å². The van der Waals surface area contributed by atoms with Gasteiger partial charge in [-0.2, -0.15) is 11.8 Å². The van der Waals surface area contributed by atoms with Crippen LogP contribution >= 0.6 is 11.8 Å². The maximum absolute atomic E-state index is 13.4. The fourth-order valence-electron chi connectivity index (χ4n) is 4.52. The molecule has 4 rings (SSSR count). The summed E-state index contributed by atoms with van der Waals surface area (Å²) >= 11 is 1.53. The maximum Gasteiger partial charge on any atom is 1.00 e. The van der Waals surface area contributed by atoms with E-state index in [1.165, 1.54) is 23.9 Å². The number of carboxylic acid groups (broad SMARTS) is 1. The number of rotatable bonds is 12. The zero-order chi connectivity index (χ0) is 28.6. The summed E-state index contributed by atoms with van der Waals surface area (Å²) in [6.45, 7) is 4.26. The van der Waals surface area contributed by atoms with Crippen LogP contribution in [0.2, 0.25) is 0 Å². The number of hydrogen-bond acceptors (Lipinski definition) is 5. The van der Waals surface area contributed by atoms with Crippen LogP contribution in [0.15, 0.2) is 83.3 Å². The number of aliphatic carboxylic acids is 1. The summed E-state index contributed by atoms with van der Waals surface area (Å²) in [5.41, 5.74) is 4.37. The SMILES string of the molecule is CCOC(c1ccc(C(=O)NC(CCSC)C(=O)O)c(-c2ccccc2C)c1)c1ccc(-c2ccc(F)cc2)o1.[Li+]. The van der Waals surface area contributed by atoms with Crippen LogP contribution in [0.25, 0.3) is 22.5 Å². The van der Waals surface area contributed by atoms with Gasteiger partial charge in [-0.3, -0.25) is 4.79 Å². The summed E-state index contributed by atoms with van der Waals surface area (Å²) in [4.78, 5) is 25.2. The van der Waals surface area contributed by atoms with Crippen molar-refractivity contribution in [2.75, 3.05) is 18.6 Å². The Bertz CT molecular complexity index is 1470. The molecule has 0 saturated carbocycles. The first-order chi connectivity index (χ1) is 19.3. The van der Waals surface area contributed by atoms with Crippen molar-refractivity contribution in [1.29, 1.82) is 0 Å². The van der Waals surface area contributed by atoms with Crippen molar-refractivity contribution in [2.45, 2.75) is 32.4 Å². The molecule has 0 spiro atoms. The monoisotopic (exact) mass is 568 g/mol. The number of furan rings is 1. The normalized spacial score (nSPS) is 12.3. The molecule has 1 heterocycles. The zero-order valence-corrected chi connectivity index (χ0v) is 24.5. The molecule has 4 aromatic rings. The number of carboxylic acids is 1. The Morgan fingerprint density at radius 1 is 1.02 bits per heavy atom. The second kappa shape index (κ2) is 15.1. The van der Waals surface area contributed by atoms with Crippen molar-refractivity contribution < 1.29 is 47.1 Å². The van der Waals surface area contributed by atoms with E-state index in [4.69, 9.17) is 9.15 Å². The molecule has 2 unspecified atom stereocenters. The number of carbonyl (C=O) groups excluding carboxylic acids is 1. The van der Waals surface area contributed by atoms with E-state index in [0.717, 1.165) is 22.3 Å². The van der Waals surface area contributed by atoms with Gasteiger partial charge in [0.15, 0.2) is 0 Å².